The maximum atomic E-state index is 10.5. The van der Waals surface area contributed by atoms with E-state index in [0.29, 0.717) is 10.2 Å². The molecule has 0 atom stereocenters. The minimum atomic E-state index is -0.477. The lowest BCUT2D eigenvalue weighted by Crippen LogP contribution is -1.93. The van der Waals surface area contributed by atoms with Crippen molar-refractivity contribution in [1.82, 2.24) is 15.0 Å². The molecule has 0 bridgehead atoms. The summed E-state index contributed by atoms with van der Waals surface area (Å²) in [6.45, 7) is 3.78. The molecule has 0 amide bonds. The molecule has 0 aliphatic heterocycles. The van der Waals surface area contributed by atoms with Crippen molar-refractivity contribution in [3.05, 3.63) is 45.9 Å². The van der Waals surface area contributed by atoms with Gasteiger partial charge in [0, 0.05) is 17.5 Å². The van der Waals surface area contributed by atoms with Crippen molar-refractivity contribution in [2.75, 3.05) is 0 Å². The van der Waals surface area contributed by atoms with Crippen molar-refractivity contribution >= 4 is 17.4 Å². The molecule has 2 aromatic heterocycles. The molecule has 0 radical (unpaired) electrons. The van der Waals surface area contributed by atoms with Crippen LogP contribution in [0.5, 0.6) is 0 Å². The van der Waals surface area contributed by atoms with Gasteiger partial charge < -0.3 is 0 Å². The molecule has 0 aliphatic rings. The van der Waals surface area contributed by atoms with Crippen molar-refractivity contribution in [2.45, 2.75) is 24.0 Å². The van der Waals surface area contributed by atoms with Gasteiger partial charge in [-0.15, -0.1) is 0 Å². The summed E-state index contributed by atoms with van der Waals surface area (Å²) in [4.78, 5) is 22.5. The largest absolute Gasteiger partial charge is 0.287 e. The number of rotatable bonds is 3. The molecule has 0 aromatic carbocycles. The fourth-order valence-electron chi connectivity index (χ4n) is 1.37. The fourth-order valence-corrected chi connectivity index (χ4v) is 2.18. The first-order valence-electron chi connectivity index (χ1n) is 5.15. The summed E-state index contributed by atoms with van der Waals surface area (Å²) in [6, 6.07) is 4.88. The Labute approximate surface area is 108 Å². The molecule has 92 valence electrons. The highest BCUT2D eigenvalue weighted by molar-refractivity contribution is 7.99. The SMILES string of the molecule is Cc1cc(C)nc(Sc2ccc([N+](=O)[O-])cn2)n1. The Bertz CT molecular complexity index is 566. The second-order valence-corrected chi connectivity index (χ2v) is 4.63. The summed E-state index contributed by atoms with van der Waals surface area (Å²) in [5, 5.41) is 11.7. The Morgan fingerprint density at radius 1 is 1.22 bits per heavy atom. The highest BCUT2D eigenvalue weighted by Gasteiger charge is 2.08. The van der Waals surface area contributed by atoms with Crippen molar-refractivity contribution in [3.8, 4) is 0 Å². The van der Waals surface area contributed by atoms with E-state index in [4.69, 9.17) is 0 Å². The Kier molecular flexibility index (Phi) is 3.52. The predicted molar refractivity (Wildman–Crippen MR) is 66.5 cm³/mol. The van der Waals surface area contributed by atoms with Gasteiger partial charge in [0.2, 0.25) is 0 Å². The first-order chi connectivity index (χ1) is 8.54. The second-order valence-electron chi connectivity index (χ2n) is 3.65. The van der Waals surface area contributed by atoms with Gasteiger partial charge in [0.25, 0.3) is 5.69 Å². The van der Waals surface area contributed by atoms with E-state index in [0.717, 1.165) is 11.4 Å². The molecule has 0 saturated heterocycles. The minimum absolute atomic E-state index is 0.0271. The smallest absolute Gasteiger partial charge is 0.258 e. The quantitative estimate of drug-likeness (QED) is 0.480. The van der Waals surface area contributed by atoms with Gasteiger partial charge in [-0.05, 0) is 37.7 Å². The number of pyridine rings is 1. The molecule has 0 aliphatic carbocycles. The molecule has 2 aromatic rings. The van der Waals surface area contributed by atoms with Crippen LogP contribution in [0, 0.1) is 24.0 Å². The Hall–Kier alpha value is -2.02. The van der Waals surface area contributed by atoms with Crippen LogP contribution in [0.25, 0.3) is 0 Å². The average molecular weight is 262 g/mol. The van der Waals surface area contributed by atoms with Crippen molar-refractivity contribution < 1.29 is 4.92 Å². The van der Waals surface area contributed by atoms with Gasteiger partial charge in [0.05, 0.1) is 4.92 Å². The predicted octanol–water partition coefficient (Wildman–Crippen LogP) is 2.55. The van der Waals surface area contributed by atoms with E-state index in [1.54, 1.807) is 6.07 Å². The molecule has 2 rings (SSSR count). The third kappa shape index (κ3) is 3.01. The summed E-state index contributed by atoms with van der Waals surface area (Å²) in [5.41, 5.74) is 1.74. The van der Waals surface area contributed by atoms with Crippen LogP contribution in [-0.4, -0.2) is 19.9 Å². The van der Waals surface area contributed by atoms with Crippen LogP contribution < -0.4 is 0 Å². The van der Waals surface area contributed by atoms with Crippen LogP contribution in [0.1, 0.15) is 11.4 Å². The van der Waals surface area contributed by atoms with Crippen LogP contribution >= 0.6 is 11.8 Å². The number of nitro groups is 1. The van der Waals surface area contributed by atoms with Crippen molar-refractivity contribution in [1.29, 1.82) is 0 Å². The van der Waals surface area contributed by atoms with Gasteiger partial charge in [-0.1, -0.05) is 0 Å². The second kappa shape index (κ2) is 5.09. The van der Waals surface area contributed by atoms with Crippen molar-refractivity contribution in [2.24, 2.45) is 0 Å². The summed E-state index contributed by atoms with van der Waals surface area (Å²) < 4.78 is 0. The average Bonchev–Trinajstić information content (AvgIpc) is 2.28. The van der Waals surface area contributed by atoms with E-state index >= 15 is 0 Å². The van der Waals surface area contributed by atoms with Crippen LogP contribution in [-0.2, 0) is 0 Å². The molecule has 0 N–H and O–H groups in total. The minimum Gasteiger partial charge on any atom is -0.258 e. The number of hydrogen-bond donors (Lipinski definition) is 0. The summed E-state index contributed by atoms with van der Waals surface area (Å²) >= 11 is 1.28. The highest BCUT2D eigenvalue weighted by atomic mass is 32.2. The number of aromatic nitrogens is 3. The van der Waals surface area contributed by atoms with Gasteiger partial charge in [-0.3, -0.25) is 10.1 Å². The lowest BCUT2D eigenvalue weighted by atomic mass is 10.4. The third-order valence-electron chi connectivity index (χ3n) is 2.09. The molecule has 0 spiro atoms. The molecular formula is C11H10N4O2S. The zero-order valence-electron chi connectivity index (χ0n) is 9.82. The van der Waals surface area contributed by atoms with Crippen LogP contribution in [0.2, 0.25) is 0 Å². The Morgan fingerprint density at radius 2 is 1.89 bits per heavy atom. The lowest BCUT2D eigenvalue weighted by Gasteiger charge is -2.01. The van der Waals surface area contributed by atoms with E-state index in [-0.39, 0.29) is 5.69 Å². The first kappa shape index (κ1) is 12.4. The van der Waals surface area contributed by atoms with E-state index < -0.39 is 4.92 Å². The number of hydrogen-bond acceptors (Lipinski definition) is 6. The third-order valence-corrected chi connectivity index (χ3v) is 2.90. The summed E-state index contributed by atoms with van der Waals surface area (Å²) in [6.07, 6.45) is 1.23. The van der Waals surface area contributed by atoms with Gasteiger partial charge in [-0.25, -0.2) is 15.0 Å². The molecule has 0 saturated carbocycles. The normalized spacial score (nSPS) is 10.3. The monoisotopic (exact) mass is 262 g/mol. The molecule has 6 nitrogen and oxygen atoms in total. The number of aryl methyl sites for hydroxylation is 2. The van der Waals surface area contributed by atoms with Crippen LogP contribution in [0.15, 0.2) is 34.6 Å². The molecule has 0 unspecified atom stereocenters. The maximum Gasteiger partial charge on any atom is 0.287 e. The number of nitrogens with zero attached hydrogens (tertiary/aromatic N) is 4. The standard InChI is InChI=1S/C11H10N4O2S/c1-7-5-8(2)14-11(13-7)18-10-4-3-9(6-12-10)15(16)17/h3-6H,1-2H3. The molecule has 0 fully saturated rings. The van der Waals surface area contributed by atoms with Gasteiger partial charge in [0.1, 0.15) is 11.2 Å². The summed E-state index contributed by atoms with van der Waals surface area (Å²) in [5.74, 6) is 0. The zero-order chi connectivity index (χ0) is 13.1. The van der Waals surface area contributed by atoms with E-state index in [2.05, 4.69) is 15.0 Å². The van der Waals surface area contributed by atoms with Crippen molar-refractivity contribution in [3.63, 3.8) is 0 Å². The lowest BCUT2D eigenvalue weighted by molar-refractivity contribution is -0.385. The van der Waals surface area contributed by atoms with Gasteiger partial charge in [0.15, 0.2) is 5.16 Å². The fraction of sp³-hybridized carbons (Fsp3) is 0.182. The van der Waals surface area contributed by atoms with E-state index in [9.17, 15) is 10.1 Å². The molecular weight excluding hydrogens is 252 g/mol. The Morgan fingerprint density at radius 3 is 2.39 bits per heavy atom. The van der Waals surface area contributed by atoms with Gasteiger partial charge in [-0.2, -0.15) is 0 Å². The maximum absolute atomic E-state index is 10.5. The molecule has 18 heavy (non-hydrogen) atoms. The summed E-state index contributed by atoms with van der Waals surface area (Å²) in [7, 11) is 0. The molecule has 7 heteroatoms. The Balaban J connectivity index is 2.20. The van der Waals surface area contributed by atoms with E-state index in [1.165, 1.54) is 24.0 Å². The first-order valence-corrected chi connectivity index (χ1v) is 5.97. The van der Waals surface area contributed by atoms with E-state index in [1.807, 2.05) is 19.9 Å². The topological polar surface area (TPSA) is 81.8 Å². The van der Waals surface area contributed by atoms with Crippen LogP contribution in [0.4, 0.5) is 5.69 Å². The van der Waals surface area contributed by atoms with Crippen LogP contribution in [0.3, 0.4) is 0 Å². The molecule has 2 heterocycles. The van der Waals surface area contributed by atoms with Gasteiger partial charge >= 0.3 is 0 Å². The zero-order valence-corrected chi connectivity index (χ0v) is 10.6. The highest BCUT2D eigenvalue weighted by Crippen LogP contribution is 2.24.